The van der Waals surface area contributed by atoms with Gasteiger partial charge in [0.15, 0.2) is 5.82 Å². The van der Waals surface area contributed by atoms with Gasteiger partial charge in [-0.05, 0) is 48.7 Å². The molecule has 1 aliphatic rings. The normalized spacial score (nSPS) is 13.2. The lowest BCUT2D eigenvalue weighted by Gasteiger charge is -2.30. The summed E-state index contributed by atoms with van der Waals surface area (Å²) in [5.41, 5.74) is 4.65. The highest BCUT2D eigenvalue weighted by atomic mass is 15.3. The Kier molecular flexibility index (Phi) is 4.39. The van der Waals surface area contributed by atoms with Crippen LogP contribution in [0.1, 0.15) is 12.0 Å². The van der Waals surface area contributed by atoms with Gasteiger partial charge in [-0.2, -0.15) is 10.1 Å². The molecule has 0 saturated heterocycles. The van der Waals surface area contributed by atoms with E-state index in [1.807, 2.05) is 26.2 Å². The number of nitrogens with zero attached hydrogens (tertiary/aromatic N) is 5. The van der Waals surface area contributed by atoms with Crippen LogP contribution in [0.3, 0.4) is 0 Å². The third-order valence-electron chi connectivity index (χ3n) is 4.57. The number of hydrogen-bond acceptors (Lipinski definition) is 6. The average molecular weight is 346 g/mol. The third kappa shape index (κ3) is 3.31. The molecule has 2 heterocycles. The highest BCUT2D eigenvalue weighted by molar-refractivity contribution is 5.66. The van der Waals surface area contributed by atoms with E-state index in [2.05, 4.69) is 66.7 Å². The Bertz CT molecular complexity index is 891. The Labute approximate surface area is 153 Å². The minimum atomic E-state index is 0.503. The van der Waals surface area contributed by atoms with E-state index in [0.717, 1.165) is 36.6 Å². The molecule has 0 saturated carbocycles. The molecule has 26 heavy (non-hydrogen) atoms. The molecule has 0 fully saturated rings. The number of hydrogen-bond donors (Lipinski definition) is 1. The lowest BCUT2D eigenvalue weighted by molar-refractivity contribution is 0.754. The van der Waals surface area contributed by atoms with E-state index in [0.29, 0.717) is 5.95 Å². The summed E-state index contributed by atoms with van der Waals surface area (Å²) in [6, 6.07) is 16.6. The average Bonchev–Trinajstić information content (AvgIpc) is 2.68. The summed E-state index contributed by atoms with van der Waals surface area (Å²) in [6.45, 7) is 0.937. The first-order valence-corrected chi connectivity index (χ1v) is 8.80. The van der Waals surface area contributed by atoms with Gasteiger partial charge in [-0.25, -0.2) is 0 Å². The smallest absolute Gasteiger partial charge is 0.249 e. The van der Waals surface area contributed by atoms with Gasteiger partial charge in [0, 0.05) is 37.7 Å². The minimum Gasteiger partial charge on any atom is -0.378 e. The number of anilines is 5. The second kappa shape index (κ2) is 7.00. The predicted molar refractivity (Wildman–Crippen MR) is 106 cm³/mol. The Morgan fingerprint density at radius 1 is 1.04 bits per heavy atom. The number of aromatic nitrogens is 3. The molecule has 0 unspecified atom stereocenters. The maximum Gasteiger partial charge on any atom is 0.249 e. The molecule has 6 nitrogen and oxygen atoms in total. The fourth-order valence-corrected chi connectivity index (χ4v) is 3.22. The summed E-state index contributed by atoms with van der Waals surface area (Å²) >= 11 is 0. The molecule has 0 bridgehead atoms. The molecule has 0 aliphatic carbocycles. The molecule has 3 aromatic rings. The molecule has 4 rings (SSSR count). The van der Waals surface area contributed by atoms with Crippen molar-refractivity contribution in [3.8, 4) is 0 Å². The van der Waals surface area contributed by atoms with Crippen LogP contribution in [0.2, 0.25) is 0 Å². The Morgan fingerprint density at radius 3 is 2.65 bits per heavy atom. The summed E-state index contributed by atoms with van der Waals surface area (Å²) < 4.78 is 0. The highest BCUT2D eigenvalue weighted by Crippen LogP contribution is 2.32. The molecule has 1 aromatic heterocycles. The minimum absolute atomic E-state index is 0.503. The number of rotatable bonds is 4. The summed E-state index contributed by atoms with van der Waals surface area (Å²) in [5.74, 6) is 1.32. The van der Waals surface area contributed by atoms with Crippen LogP contribution in [0.15, 0.2) is 54.7 Å². The van der Waals surface area contributed by atoms with Gasteiger partial charge in [0.05, 0.1) is 6.20 Å². The maximum absolute atomic E-state index is 4.68. The van der Waals surface area contributed by atoms with Crippen molar-refractivity contribution in [2.45, 2.75) is 12.8 Å². The van der Waals surface area contributed by atoms with Crippen molar-refractivity contribution in [3.63, 3.8) is 0 Å². The standard InChI is InChI=1S/C20H22N6/c1-25(2)17-11-9-16(10-12-17)22-20-23-19(14-21-24-20)26-13-5-7-15-6-3-4-8-18(15)26/h3-4,6,8-12,14H,5,7,13H2,1-2H3,(H,22,23,24). The molecular formula is C20H22N6. The Hall–Kier alpha value is -3.15. The van der Waals surface area contributed by atoms with Gasteiger partial charge in [0.25, 0.3) is 0 Å². The fraction of sp³-hybridized carbons (Fsp3) is 0.250. The van der Waals surface area contributed by atoms with Crippen LogP contribution >= 0.6 is 0 Å². The van der Waals surface area contributed by atoms with Crippen LogP contribution in [0.25, 0.3) is 0 Å². The Morgan fingerprint density at radius 2 is 1.85 bits per heavy atom. The number of fused-ring (bicyclic) bond motifs is 1. The lowest BCUT2D eigenvalue weighted by Crippen LogP contribution is -2.25. The van der Waals surface area contributed by atoms with Crippen LogP contribution in [-0.4, -0.2) is 35.8 Å². The summed E-state index contributed by atoms with van der Waals surface area (Å²) in [7, 11) is 4.05. The summed E-state index contributed by atoms with van der Waals surface area (Å²) in [5, 5.41) is 11.5. The van der Waals surface area contributed by atoms with Gasteiger partial charge < -0.3 is 15.1 Å². The van der Waals surface area contributed by atoms with Crippen molar-refractivity contribution in [1.82, 2.24) is 15.2 Å². The first-order valence-electron chi connectivity index (χ1n) is 8.80. The predicted octanol–water partition coefficient (Wildman–Crippen LogP) is 3.77. The zero-order valence-corrected chi connectivity index (χ0v) is 15.1. The number of para-hydroxylation sites is 1. The molecule has 0 radical (unpaired) electrons. The maximum atomic E-state index is 4.68. The molecule has 0 spiro atoms. The van der Waals surface area contributed by atoms with Crippen LogP contribution < -0.4 is 15.1 Å². The van der Waals surface area contributed by atoms with E-state index in [-0.39, 0.29) is 0 Å². The van der Waals surface area contributed by atoms with E-state index in [1.165, 1.54) is 11.3 Å². The molecule has 1 aliphatic heterocycles. The van der Waals surface area contributed by atoms with Crippen molar-refractivity contribution in [2.24, 2.45) is 0 Å². The Balaban J connectivity index is 1.58. The van der Waals surface area contributed by atoms with Gasteiger partial charge in [-0.3, -0.25) is 0 Å². The quantitative estimate of drug-likeness (QED) is 0.776. The van der Waals surface area contributed by atoms with Gasteiger partial charge in [0.1, 0.15) is 0 Å². The molecule has 0 atom stereocenters. The number of nitrogens with one attached hydrogen (secondary N) is 1. The topological polar surface area (TPSA) is 57.2 Å². The van der Waals surface area contributed by atoms with E-state index in [1.54, 1.807) is 6.20 Å². The van der Waals surface area contributed by atoms with E-state index < -0.39 is 0 Å². The monoisotopic (exact) mass is 346 g/mol. The molecule has 132 valence electrons. The van der Waals surface area contributed by atoms with Gasteiger partial charge in [-0.15, -0.1) is 5.10 Å². The van der Waals surface area contributed by atoms with E-state index >= 15 is 0 Å². The van der Waals surface area contributed by atoms with E-state index in [4.69, 9.17) is 0 Å². The van der Waals surface area contributed by atoms with Crippen LogP contribution in [0, 0.1) is 0 Å². The van der Waals surface area contributed by atoms with Gasteiger partial charge >= 0.3 is 0 Å². The van der Waals surface area contributed by atoms with Crippen molar-refractivity contribution in [2.75, 3.05) is 35.8 Å². The van der Waals surface area contributed by atoms with Crippen molar-refractivity contribution >= 4 is 28.8 Å². The van der Waals surface area contributed by atoms with Crippen molar-refractivity contribution in [3.05, 3.63) is 60.3 Å². The van der Waals surface area contributed by atoms with Gasteiger partial charge in [-0.1, -0.05) is 18.2 Å². The first kappa shape index (κ1) is 16.3. The first-order chi connectivity index (χ1) is 12.7. The molecule has 2 aromatic carbocycles. The number of aryl methyl sites for hydroxylation is 1. The molecule has 6 heteroatoms. The van der Waals surface area contributed by atoms with Crippen LogP contribution in [0.4, 0.5) is 28.8 Å². The van der Waals surface area contributed by atoms with Gasteiger partial charge in [0.2, 0.25) is 5.95 Å². The SMILES string of the molecule is CN(C)c1ccc(Nc2nncc(N3CCCc4ccccc43)n2)cc1. The zero-order valence-electron chi connectivity index (χ0n) is 15.1. The second-order valence-electron chi connectivity index (χ2n) is 6.59. The van der Waals surface area contributed by atoms with Crippen LogP contribution in [-0.2, 0) is 6.42 Å². The summed E-state index contributed by atoms with van der Waals surface area (Å²) in [6.07, 6.45) is 3.94. The zero-order chi connectivity index (χ0) is 17.9. The second-order valence-corrected chi connectivity index (χ2v) is 6.59. The number of benzene rings is 2. The largest absolute Gasteiger partial charge is 0.378 e. The van der Waals surface area contributed by atoms with Crippen LogP contribution in [0.5, 0.6) is 0 Å². The summed E-state index contributed by atoms with van der Waals surface area (Å²) in [4.78, 5) is 8.96. The molecular weight excluding hydrogens is 324 g/mol. The third-order valence-corrected chi connectivity index (χ3v) is 4.57. The lowest BCUT2D eigenvalue weighted by atomic mass is 10.0. The fourth-order valence-electron chi connectivity index (χ4n) is 3.22. The van der Waals surface area contributed by atoms with Crippen molar-refractivity contribution in [1.29, 1.82) is 0 Å². The highest BCUT2D eigenvalue weighted by Gasteiger charge is 2.19. The van der Waals surface area contributed by atoms with Crippen molar-refractivity contribution < 1.29 is 0 Å². The van der Waals surface area contributed by atoms with E-state index in [9.17, 15) is 0 Å². The molecule has 0 amide bonds. The molecule has 1 N–H and O–H groups in total.